The van der Waals surface area contributed by atoms with E-state index in [0.717, 1.165) is 16.1 Å². The summed E-state index contributed by atoms with van der Waals surface area (Å²) >= 11 is 7.40. The van der Waals surface area contributed by atoms with Crippen LogP contribution in [0.5, 0.6) is 0 Å². The number of halogens is 1. The normalized spacial score (nSPS) is 12.2. The zero-order valence-corrected chi connectivity index (χ0v) is 14.5. The summed E-state index contributed by atoms with van der Waals surface area (Å²) in [7, 11) is 0. The van der Waals surface area contributed by atoms with Gasteiger partial charge in [-0.05, 0) is 48.7 Å². The lowest BCUT2D eigenvalue weighted by atomic mass is 10.0. The minimum absolute atomic E-state index is 0.00745. The van der Waals surface area contributed by atoms with E-state index in [1.807, 2.05) is 49.4 Å². The maximum absolute atomic E-state index is 12.4. The average molecular weight is 334 g/mol. The number of carbonyl (C=O) groups excluding carboxylic acids is 1. The maximum atomic E-state index is 12.4. The summed E-state index contributed by atoms with van der Waals surface area (Å²) < 4.78 is 0. The van der Waals surface area contributed by atoms with E-state index in [0.29, 0.717) is 10.9 Å². The molecular formula is C18H20ClNOS. The number of amides is 1. The van der Waals surface area contributed by atoms with Crippen LogP contribution in [0.4, 0.5) is 5.69 Å². The van der Waals surface area contributed by atoms with Gasteiger partial charge in [-0.15, -0.1) is 11.8 Å². The van der Waals surface area contributed by atoms with Gasteiger partial charge in [-0.25, -0.2) is 0 Å². The Morgan fingerprint density at radius 3 is 2.32 bits per heavy atom. The van der Waals surface area contributed by atoms with Crippen LogP contribution in [0.2, 0.25) is 5.02 Å². The second kappa shape index (κ2) is 7.70. The highest BCUT2D eigenvalue weighted by Gasteiger charge is 2.16. The third-order valence-corrected chi connectivity index (χ3v) is 4.70. The summed E-state index contributed by atoms with van der Waals surface area (Å²) in [5, 5.41) is 3.56. The Hall–Kier alpha value is -1.45. The number of benzene rings is 2. The zero-order chi connectivity index (χ0) is 16.1. The molecule has 22 heavy (non-hydrogen) atoms. The van der Waals surface area contributed by atoms with Gasteiger partial charge in [0, 0.05) is 15.6 Å². The molecule has 0 fully saturated rings. The van der Waals surface area contributed by atoms with Crippen molar-refractivity contribution in [3.05, 3.63) is 59.1 Å². The van der Waals surface area contributed by atoms with E-state index in [-0.39, 0.29) is 11.2 Å². The third kappa shape index (κ3) is 4.52. The van der Waals surface area contributed by atoms with E-state index in [1.165, 1.54) is 11.8 Å². The van der Waals surface area contributed by atoms with Gasteiger partial charge in [-0.2, -0.15) is 0 Å². The Kier molecular flexibility index (Phi) is 5.92. The quantitative estimate of drug-likeness (QED) is 0.723. The molecule has 1 atom stereocenters. The molecule has 2 rings (SSSR count). The highest BCUT2D eigenvalue weighted by Crippen LogP contribution is 2.27. The molecule has 0 aliphatic carbocycles. The van der Waals surface area contributed by atoms with Crippen molar-refractivity contribution in [3.63, 3.8) is 0 Å². The summed E-state index contributed by atoms with van der Waals surface area (Å²) in [5.41, 5.74) is 2.05. The van der Waals surface area contributed by atoms with Crippen LogP contribution in [0.25, 0.3) is 0 Å². The molecule has 0 aliphatic heterocycles. The molecule has 0 saturated carbocycles. The van der Waals surface area contributed by atoms with E-state index >= 15 is 0 Å². The fourth-order valence-corrected chi connectivity index (χ4v) is 3.11. The van der Waals surface area contributed by atoms with Crippen LogP contribution in [-0.4, -0.2) is 11.2 Å². The molecule has 2 nitrogen and oxygen atoms in total. The van der Waals surface area contributed by atoms with Gasteiger partial charge in [0.15, 0.2) is 0 Å². The van der Waals surface area contributed by atoms with Crippen LogP contribution in [0, 0.1) is 0 Å². The van der Waals surface area contributed by atoms with Crippen LogP contribution in [0.1, 0.15) is 32.3 Å². The molecule has 4 heteroatoms. The topological polar surface area (TPSA) is 29.1 Å². The van der Waals surface area contributed by atoms with Gasteiger partial charge in [0.2, 0.25) is 5.91 Å². The predicted molar refractivity (Wildman–Crippen MR) is 95.9 cm³/mol. The van der Waals surface area contributed by atoms with Gasteiger partial charge in [-0.3, -0.25) is 4.79 Å². The summed E-state index contributed by atoms with van der Waals surface area (Å²) in [6.07, 6.45) is 0. The first kappa shape index (κ1) is 16.9. The number of hydrogen-bond acceptors (Lipinski definition) is 2. The lowest BCUT2D eigenvalue weighted by Crippen LogP contribution is -2.23. The summed E-state index contributed by atoms with van der Waals surface area (Å²) in [4.78, 5) is 13.4. The molecular weight excluding hydrogens is 314 g/mol. The molecule has 1 N–H and O–H groups in total. The molecule has 0 saturated heterocycles. The number of nitrogens with one attached hydrogen (secondary N) is 1. The minimum Gasteiger partial charge on any atom is -0.325 e. The highest BCUT2D eigenvalue weighted by atomic mass is 35.5. The predicted octanol–water partition coefficient (Wildman–Crippen LogP) is 5.58. The Morgan fingerprint density at radius 1 is 1.05 bits per heavy atom. The van der Waals surface area contributed by atoms with Crippen LogP contribution < -0.4 is 5.32 Å². The summed E-state index contributed by atoms with van der Waals surface area (Å²) in [5.74, 6) is 0.378. The second-order valence-electron chi connectivity index (χ2n) is 5.45. The molecule has 0 aliphatic rings. The van der Waals surface area contributed by atoms with Crippen LogP contribution in [-0.2, 0) is 4.79 Å². The smallest absolute Gasteiger partial charge is 0.237 e. The van der Waals surface area contributed by atoms with E-state index in [2.05, 4.69) is 25.2 Å². The van der Waals surface area contributed by atoms with E-state index in [1.54, 1.807) is 0 Å². The lowest BCUT2D eigenvalue weighted by Gasteiger charge is -2.16. The first-order chi connectivity index (χ1) is 10.5. The largest absolute Gasteiger partial charge is 0.325 e. The SMILES string of the molecule is CC(C)c1ccccc1NC(=O)[C@H](C)Sc1ccc(Cl)cc1. The first-order valence-corrected chi connectivity index (χ1v) is 8.55. The number of anilines is 1. The monoisotopic (exact) mass is 333 g/mol. The first-order valence-electron chi connectivity index (χ1n) is 7.29. The Morgan fingerprint density at radius 2 is 1.68 bits per heavy atom. The number of rotatable bonds is 5. The molecule has 0 heterocycles. The van der Waals surface area contributed by atoms with Gasteiger partial charge >= 0.3 is 0 Å². The van der Waals surface area contributed by atoms with Crippen LogP contribution >= 0.6 is 23.4 Å². The second-order valence-corrected chi connectivity index (χ2v) is 7.30. The van der Waals surface area contributed by atoms with Crippen LogP contribution in [0.3, 0.4) is 0 Å². The fraction of sp³-hybridized carbons (Fsp3) is 0.278. The van der Waals surface area contributed by atoms with Crippen molar-refractivity contribution in [2.45, 2.75) is 36.8 Å². The molecule has 1 amide bonds. The van der Waals surface area contributed by atoms with E-state index < -0.39 is 0 Å². The van der Waals surface area contributed by atoms with Gasteiger partial charge in [0.25, 0.3) is 0 Å². The van der Waals surface area contributed by atoms with Gasteiger partial charge in [-0.1, -0.05) is 43.6 Å². The number of carbonyl (C=O) groups is 1. The van der Waals surface area contributed by atoms with Crippen molar-refractivity contribution in [2.24, 2.45) is 0 Å². The summed E-state index contributed by atoms with van der Waals surface area (Å²) in [6, 6.07) is 15.5. The van der Waals surface area contributed by atoms with Crippen molar-refractivity contribution in [3.8, 4) is 0 Å². The summed E-state index contributed by atoms with van der Waals surface area (Å²) in [6.45, 7) is 6.15. The van der Waals surface area contributed by atoms with Crippen molar-refractivity contribution >= 4 is 35.0 Å². The molecule has 0 unspecified atom stereocenters. The highest BCUT2D eigenvalue weighted by molar-refractivity contribution is 8.00. The van der Waals surface area contributed by atoms with Gasteiger partial charge in [0.05, 0.1) is 5.25 Å². The molecule has 0 spiro atoms. The third-order valence-electron chi connectivity index (χ3n) is 3.34. The van der Waals surface area contributed by atoms with Crippen molar-refractivity contribution in [1.82, 2.24) is 0 Å². The van der Waals surface area contributed by atoms with E-state index in [9.17, 15) is 4.79 Å². The Bertz CT molecular complexity index is 640. The van der Waals surface area contributed by atoms with Crippen molar-refractivity contribution < 1.29 is 4.79 Å². The molecule has 116 valence electrons. The minimum atomic E-state index is -0.179. The standard InChI is InChI=1S/C18H20ClNOS/c1-12(2)16-6-4-5-7-17(16)20-18(21)13(3)22-15-10-8-14(19)9-11-15/h4-13H,1-3H3,(H,20,21)/t13-/m0/s1. The molecule has 0 aromatic heterocycles. The number of hydrogen-bond donors (Lipinski definition) is 1. The van der Waals surface area contributed by atoms with E-state index in [4.69, 9.17) is 11.6 Å². The van der Waals surface area contributed by atoms with Gasteiger partial charge in [0.1, 0.15) is 0 Å². The fourth-order valence-electron chi connectivity index (χ4n) is 2.12. The Labute approximate surface area is 141 Å². The lowest BCUT2D eigenvalue weighted by molar-refractivity contribution is -0.115. The average Bonchev–Trinajstić information content (AvgIpc) is 2.49. The Balaban J connectivity index is 2.04. The maximum Gasteiger partial charge on any atom is 0.237 e. The molecule has 2 aromatic rings. The number of thioether (sulfide) groups is 1. The van der Waals surface area contributed by atoms with Gasteiger partial charge < -0.3 is 5.32 Å². The molecule has 2 aromatic carbocycles. The van der Waals surface area contributed by atoms with Crippen LogP contribution in [0.15, 0.2) is 53.4 Å². The molecule has 0 radical (unpaired) electrons. The van der Waals surface area contributed by atoms with Crippen molar-refractivity contribution in [2.75, 3.05) is 5.32 Å². The van der Waals surface area contributed by atoms with Crippen molar-refractivity contribution in [1.29, 1.82) is 0 Å². The zero-order valence-electron chi connectivity index (χ0n) is 13.0. The molecule has 0 bridgehead atoms. The number of para-hydroxylation sites is 1.